The highest BCUT2D eigenvalue weighted by Gasteiger charge is 2.20. The van der Waals surface area contributed by atoms with Gasteiger partial charge in [-0.15, -0.1) is 0 Å². The van der Waals surface area contributed by atoms with Gasteiger partial charge < -0.3 is 15.3 Å². The summed E-state index contributed by atoms with van der Waals surface area (Å²) in [5, 5.41) is 30.8. The van der Waals surface area contributed by atoms with E-state index in [-0.39, 0.29) is 0 Å². The van der Waals surface area contributed by atoms with Crippen LogP contribution in [0.1, 0.15) is 85.3 Å². The molecule has 0 bridgehead atoms. The average molecular weight is 447 g/mol. The van der Waals surface area contributed by atoms with Gasteiger partial charge in [0.25, 0.3) is 0 Å². The summed E-state index contributed by atoms with van der Waals surface area (Å²) < 4.78 is 0. The predicted octanol–water partition coefficient (Wildman–Crippen LogP) is 7.86. The van der Waals surface area contributed by atoms with Crippen molar-refractivity contribution >= 4 is 0 Å². The van der Waals surface area contributed by atoms with Crippen LogP contribution in [0, 0.1) is 13.8 Å². The number of allylic oxidation sites excluding steroid dienone is 5. The molecule has 1 aliphatic rings. The van der Waals surface area contributed by atoms with Gasteiger partial charge in [-0.2, -0.15) is 0 Å². The van der Waals surface area contributed by atoms with Gasteiger partial charge in [-0.1, -0.05) is 61.8 Å². The van der Waals surface area contributed by atoms with Crippen LogP contribution < -0.4 is 0 Å². The van der Waals surface area contributed by atoms with E-state index < -0.39 is 0 Å². The molecule has 3 N–H and O–H groups in total. The Morgan fingerprint density at radius 1 is 0.939 bits per heavy atom. The van der Waals surface area contributed by atoms with Crippen LogP contribution in [-0.2, 0) is 12.8 Å². The third kappa shape index (κ3) is 6.31. The van der Waals surface area contributed by atoms with Crippen LogP contribution in [0.15, 0.2) is 59.9 Å². The van der Waals surface area contributed by atoms with E-state index in [1.54, 1.807) is 0 Å². The van der Waals surface area contributed by atoms with Crippen LogP contribution >= 0.6 is 0 Å². The molecule has 3 nitrogen and oxygen atoms in total. The summed E-state index contributed by atoms with van der Waals surface area (Å²) in [5.41, 5.74) is 7.81. The molecule has 1 fully saturated rings. The molecule has 3 rings (SSSR count). The normalized spacial score (nSPS) is 16.0. The Labute approximate surface area is 198 Å². The molecule has 33 heavy (non-hydrogen) atoms. The summed E-state index contributed by atoms with van der Waals surface area (Å²) in [5.74, 6) is 1.22. The lowest BCUT2D eigenvalue weighted by Crippen LogP contribution is -2.07. The van der Waals surface area contributed by atoms with E-state index in [2.05, 4.69) is 12.1 Å². The summed E-state index contributed by atoms with van der Waals surface area (Å²) >= 11 is 0. The number of aliphatic hydroxyl groups is 1. The number of hydrogen-bond donors (Lipinski definition) is 3. The molecule has 0 atom stereocenters. The standard InChI is InChI=1S/C30H38O3/c1-5-9-23(12-20(2)19-31)15-27-17-26(25-10-7-6-8-11-25)18-28(30(27)33)16-24-13-21(3)29(32)22(4)14-24/h5,9,12-14,17-19,25,31-33H,6-8,10-11,15-16H2,1-4H3/b9-5+,20-19+,23-12+. The van der Waals surface area contributed by atoms with Crippen molar-refractivity contribution < 1.29 is 15.3 Å². The topological polar surface area (TPSA) is 60.7 Å². The van der Waals surface area contributed by atoms with Crippen molar-refractivity contribution in [3.05, 3.63) is 93.3 Å². The first-order chi connectivity index (χ1) is 15.8. The Hall–Kier alpha value is -2.94. The Bertz CT molecular complexity index is 1040. The van der Waals surface area contributed by atoms with Crippen molar-refractivity contribution in [2.45, 2.75) is 78.6 Å². The molecule has 2 aromatic rings. The molecular formula is C30H38O3. The third-order valence-electron chi connectivity index (χ3n) is 6.70. The van der Waals surface area contributed by atoms with E-state index in [4.69, 9.17) is 0 Å². The van der Waals surface area contributed by atoms with Gasteiger partial charge in [0.15, 0.2) is 0 Å². The smallest absolute Gasteiger partial charge is 0.122 e. The number of benzene rings is 2. The monoisotopic (exact) mass is 446 g/mol. The maximum Gasteiger partial charge on any atom is 0.122 e. The van der Waals surface area contributed by atoms with Gasteiger partial charge in [-0.25, -0.2) is 0 Å². The Morgan fingerprint density at radius 2 is 1.58 bits per heavy atom. The Kier molecular flexibility index (Phi) is 8.43. The number of phenolic OH excluding ortho intramolecular Hbond substituents is 2. The first kappa shape index (κ1) is 24.7. The van der Waals surface area contributed by atoms with Crippen molar-refractivity contribution in [3.63, 3.8) is 0 Å². The van der Waals surface area contributed by atoms with E-state index in [0.29, 0.717) is 30.3 Å². The largest absolute Gasteiger partial charge is 0.515 e. The van der Waals surface area contributed by atoms with E-state index in [0.717, 1.165) is 45.2 Å². The van der Waals surface area contributed by atoms with E-state index in [1.807, 2.05) is 58.1 Å². The zero-order valence-electron chi connectivity index (χ0n) is 20.5. The second-order valence-corrected chi connectivity index (χ2v) is 9.55. The summed E-state index contributed by atoms with van der Waals surface area (Å²) in [7, 11) is 0. The second-order valence-electron chi connectivity index (χ2n) is 9.55. The van der Waals surface area contributed by atoms with Crippen LogP contribution in [0.3, 0.4) is 0 Å². The van der Waals surface area contributed by atoms with Gasteiger partial charge >= 0.3 is 0 Å². The summed E-state index contributed by atoms with van der Waals surface area (Å²) in [4.78, 5) is 0. The van der Waals surface area contributed by atoms with Gasteiger partial charge in [0.05, 0.1) is 6.26 Å². The van der Waals surface area contributed by atoms with Gasteiger partial charge in [-0.05, 0) is 91.0 Å². The fourth-order valence-electron chi connectivity index (χ4n) is 5.02. The van der Waals surface area contributed by atoms with Crippen LogP contribution in [0.25, 0.3) is 0 Å². The molecule has 176 valence electrons. The van der Waals surface area contributed by atoms with E-state index in [9.17, 15) is 15.3 Å². The Morgan fingerprint density at radius 3 is 2.18 bits per heavy atom. The zero-order valence-corrected chi connectivity index (χ0v) is 20.5. The van der Waals surface area contributed by atoms with Crippen LogP contribution in [0.2, 0.25) is 0 Å². The summed E-state index contributed by atoms with van der Waals surface area (Å²) in [6.07, 6.45) is 14.5. The lowest BCUT2D eigenvalue weighted by atomic mass is 9.81. The fraction of sp³-hybridized carbons (Fsp3) is 0.400. The minimum atomic E-state index is 0.341. The first-order valence-corrected chi connectivity index (χ1v) is 12.1. The highest BCUT2D eigenvalue weighted by molar-refractivity contribution is 5.51. The SMILES string of the molecule is C/C=C/C(=C\C(C)=C\O)Cc1cc(C2CCCCC2)cc(Cc2cc(C)c(O)c(C)c2)c1O. The molecular weight excluding hydrogens is 408 g/mol. The van der Waals surface area contributed by atoms with Gasteiger partial charge in [0.1, 0.15) is 11.5 Å². The van der Waals surface area contributed by atoms with Crippen molar-refractivity contribution in [3.8, 4) is 11.5 Å². The number of phenols is 2. The van der Waals surface area contributed by atoms with Crippen molar-refractivity contribution in [2.75, 3.05) is 0 Å². The molecule has 1 saturated carbocycles. The van der Waals surface area contributed by atoms with Crippen LogP contribution in [-0.4, -0.2) is 15.3 Å². The molecule has 0 amide bonds. The molecule has 0 saturated heterocycles. The maximum absolute atomic E-state index is 11.3. The van der Waals surface area contributed by atoms with Gasteiger partial charge in [-0.3, -0.25) is 0 Å². The number of aliphatic hydroxyl groups excluding tert-OH is 1. The lowest BCUT2D eigenvalue weighted by Gasteiger charge is -2.24. The molecule has 1 aliphatic carbocycles. The molecule has 0 unspecified atom stereocenters. The molecule has 0 aromatic heterocycles. The zero-order chi connectivity index (χ0) is 24.0. The van der Waals surface area contributed by atoms with Crippen LogP contribution in [0.4, 0.5) is 0 Å². The van der Waals surface area contributed by atoms with Crippen molar-refractivity contribution in [2.24, 2.45) is 0 Å². The third-order valence-corrected chi connectivity index (χ3v) is 6.70. The fourth-order valence-corrected chi connectivity index (χ4v) is 5.02. The number of aromatic hydroxyl groups is 2. The van der Waals surface area contributed by atoms with E-state index in [1.165, 1.54) is 37.7 Å². The number of rotatable bonds is 7. The van der Waals surface area contributed by atoms with Gasteiger partial charge in [0, 0.05) is 12.8 Å². The number of hydrogen-bond acceptors (Lipinski definition) is 3. The second kappa shape index (κ2) is 11.3. The summed E-state index contributed by atoms with van der Waals surface area (Å²) in [6, 6.07) is 8.41. The summed E-state index contributed by atoms with van der Waals surface area (Å²) in [6.45, 7) is 7.68. The maximum atomic E-state index is 11.3. The molecule has 0 heterocycles. The average Bonchev–Trinajstić information content (AvgIpc) is 2.80. The molecule has 0 radical (unpaired) electrons. The number of aryl methyl sites for hydroxylation is 2. The van der Waals surface area contributed by atoms with E-state index >= 15 is 0 Å². The van der Waals surface area contributed by atoms with Crippen LogP contribution in [0.5, 0.6) is 11.5 Å². The molecule has 2 aromatic carbocycles. The van der Waals surface area contributed by atoms with Crippen molar-refractivity contribution in [1.82, 2.24) is 0 Å². The minimum absolute atomic E-state index is 0.341. The lowest BCUT2D eigenvalue weighted by molar-refractivity contribution is 0.439. The van der Waals surface area contributed by atoms with Gasteiger partial charge in [0.2, 0.25) is 0 Å². The first-order valence-electron chi connectivity index (χ1n) is 12.1. The highest BCUT2D eigenvalue weighted by Crippen LogP contribution is 2.38. The van der Waals surface area contributed by atoms with Crippen molar-refractivity contribution in [1.29, 1.82) is 0 Å². The predicted molar refractivity (Wildman–Crippen MR) is 137 cm³/mol. The molecule has 3 heteroatoms. The molecule has 0 aliphatic heterocycles. The minimum Gasteiger partial charge on any atom is -0.515 e. The quantitative estimate of drug-likeness (QED) is 0.300. The Balaban J connectivity index is 2.05. The highest BCUT2D eigenvalue weighted by atomic mass is 16.3. The molecule has 0 spiro atoms.